The van der Waals surface area contributed by atoms with E-state index >= 15 is 0 Å². The number of rotatable bonds is 4. The second-order valence-corrected chi connectivity index (χ2v) is 5.05. The van der Waals surface area contributed by atoms with Crippen molar-refractivity contribution >= 4 is 22.6 Å². The highest BCUT2D eigenvalue weighted by atomic mass is 16.5. The van der Waals surface area contributed by atoms with Gasteiger partial charge in [0.25, 0.3) is 5.91 Å². The van der Waals surface area contributed by atoms with E-state index in [1.807, 2.05) is 13.0 Å². The Morgan fingerprint density at radius 3 is 2.50 bits per heavy atom. The molecule has 0 aliphatic heterocycles. The van der Waals surface area contributed by atoms with E-state index in [1.165, 1.54) is 6.07 Å². The van der Waals surface area contributed by atoms with Gasteiger partial charge in [-0.1, -0.05) is 12.1 Å². The van der Waals surface area contributed by atoms with Crippen LogP contribution in [0.15, 0.2) is 52.1 Å². The van der Waals surface area contributed by atoms with E-state index in [0.717, 1.165) is 0 Å². The molecular weight excluding hydrogens is 310 g/mol. The number of fused-ring (bicyclic) bond motifs is 1. The number of ether oxygens (including phenoxy) is 1. The number of aromatic amines is 2. The summed E-state index contributed by atoms with van der Waals surface area (Å²) in [5.41, 5.74) is 0.235. The largest absolute Gasteiger partial charge is 0.492 e. The molecule has 2 aromatic carbocycles. The van der Waals surface area contributed by atoms with E-state index in [2.05, 4.69) is 15.3 Å². The summed E-state index contributed by atoms with van der Waals surface area (Å²) >= 11 is 0. The van der Waals surface area contributed by atoms with Gasteiger partial charge in [0.1, 0.15) is 5.75 Å². The summed E-state index contributed by atoms with van der Waals surface area (Å²) in [5, 5.41) is 2.77. The molecule has 0 radical (unpaired) electrons. The van der Waals surface area contributed by atoms with Crippen LogP contribution in [0.2, 0.25) is 0 Å². The van der Waals surface area contributed by atoms with E-state index in [4.69, 9.17) is 4.74 Å². The SMILES string of the molecule is CCOc1ccccc1NC(=O)c1ccc2[nH]c(=O)c(=O)[nH]c2c1. The summed E-state index contributed by atoms with van der Waals surface area (Å²) in [7, 11) is 0. The highest BCUT2D eigenvalue weighted by Crippen LogP contribution is 2.24. The molecule has 0 saturated carbocycles. The summed E-state index contributed by atoms with van der Waals surface area (Å²) in [6, 6.07) is 11.8. The molecule has 3 N–H and O–H groups in total. The first-order valence-corrected chi connectivity index (χ1v) is 7.38. The van der Waals surface area contributed by atoms with Crippen molar-refractivity contribution in [2.75, 3.05) is 11.9 Å². The maximum absolute atomic E-state index is 12.4. The number of amides is 1. The fourth-order valence-corrected chi connectivity index (χ4v) is 2.30. The zero-order valence-electron chi connectivity index (χ0n) is 12.9. The average Bonchev–Trinajstić information content (AvgIpc) is 2.57. The maximum atomic E-state index is 12.4. The molecule has 24 heavy (non-hydrogen) atoms. The van der Waals surface area contributed by atoms with Crippen molar-refractivity contribution in [1.82, 2.24) is 9.97 Å². The van der Waals surface area contributed by atoms with Crippen LogP contribution < -0.4 is 21.2 Å². The zero-order valence-corrected chi connectivity index (χ0v) is 12.9. The second kappa shape index (κ2) is 6.41. The quantitative estimate of drug-likeness (QED) is 0.637. The first kappa shape index (κ1) is 15.5. The van der Waals surface area contributed by atoms with Crippen LogP contribution >= 0.6 is 0 Å². The van der Waals surface area contributed by atoms with Gasteiger partial charge in [0, 0.05) is 5.56 Å². The first-order chi connectivity index (χ1) is 11.6. The first-order valence-electron chi connectivity index (χ1n) is 7.38. The van der Waals surface area contributed by atoms with Gasteiger partial charge in [-0.05, 0) is 37.3 Å². The minimum Gasteiger partial charge on any atom is -0.492 e. The lowest BCUT2D eigenvalue weighted by Gasteiger charge is -2.11. The molecule has 0 aliphatic rings. The second-order valence-electron chi connectivity index (χ2n) is 5.05. The van der Waals surface area contributed by atoms with E-state index in [0.29, 0.717) is 34.6 Å². The number of carbonyl (C=O) groups is 1. The molecule has 122 valence electrons. The van der Waals surface area contributed by atoms with Crippen molar-refractivity contribution in [1.29, 1.82) is 0 Å². The number of nitrogens with one attached hydrogen (secondary N) is 3. The Morgan fingerprint density at radius 1 is 1.04 bits per heavy atom. The van der Waals surface area contributed by atoms with Gasteiger partial charge in [-0.3, -0.25) is 14.4 Å². The Hall–Kier alpha value is -3.35. The van der Waals surface area contributed by atoms with Gasteiger partial charge in [0.2, 0.25) is 0 Å². The van der Waals surface area contributed by atoms with Crippen molar-refractivity contribution in [3.8, 4) is 5.75 Å². The van der Waals surface area contributed by atoms with Gasteiger partial charge in [-0.15, -0.1) is 0 Å². The molecule has 0 spiro atoms. The molecule has 0 fully saturated rings. The number of benzene rings is 2. The topological polar surface area (TPSA) is 104 Å². The van der Waals surface area contributed by atoms with Crippen LogP contribution in [0.3, 0.4) is 0 Å². The predicted octanol–water partition coefficient (Wildman–Crippen LogP) is 1.87. The Labute approximate surface area is 136 Å². The molecule has 0 atom stereocenters. The molecular formula is C17H15N3O4. The minimum atomic E-state index is -0.762. The molecule has 0 unspecified atom stereocenters. The highest BCUT2D eigenvalue weighted by Gasteiger charge is 2.11. The van der Waals surface area contributed by atoms with Crippen LogP contribution in [0.4, 0.5) is 5.69 Å². The number of para-hydroxylation sites is 2. The summed E-state index contributed by atoms with van der Waals surface area (Å²) in [6.07, 6.45) is 0. The molecule has 0 aliphatic carbocycles. The smallest absolute Gasteiger partial charge is 0.314 e. The van der Waals surface area contributed by atoms with Crippen LogP contribution in [0, 0.1) is 0 Å². The molecule has 1 heterocycles. The summed E-state index contributed by atoms with van der Waals surface area (Å²) in [5.74, 6) is 0.225. The van der Waals surface area contributed by atoms with E-state index < -0.39 is 11.1 Å². The fraction of sp³-hybridized carbons (Fsp3) is 0.118. The third-order valence-corrected chi connectivity index (χ3v) is 3.42. The number of anilines is 1. The van der Waals surface area contributed by atoms with Gasteiger partial charge < -0.3 is 20.0 Å². The lowest BCUT2D eigenvalue weighted by molar-refractivity contribution is 0.102. The van der Waals surface area contributed by atoms with Crippen LogP contribution in [0.25, 0.3) is 11.0 Å². The molecule has 7 heteroatoms. The van der Waals surface area contributed by atoms with Gasteiger partial charge in [0.15, 0.2) is 0 Å². The number of H-pyrrole nitrogens is 2. The number of carbonyl (C=O) groups excluding carboxylic acids is 1. The number of aromatic nitrogens is 2. The average molecular weight is 325 g/mol. The minimum absolute atomic E-state index is 0.344. The molecule has 0 bridgehead atoms. The monoisotopic (exact) mass is 325 g/mol. The zero-order chi connectivity index (χ0) is 17.1. The standard InChI is InChI=1S/C17H15N3O4/c1-2-24-14-6-4-3-5-12(14)19-15(21)10-7-8-11-13(9-10)20-17(23)16(22)18-11/h3-9H,2H2,1H3,(H,18,22)(H,19,21)(H,20,23). The van der Waals surface area contributed by atoms with Crippen LogP contribution in [0.1, 0.15) is 17.3 Å². The van der Waals surface area contributed by atoms with E-state index in [9.17, 15) is 14.4 Å². The lowest BCUT2D eigenvalue weighted by atomic mass is 10.1. The van der Waals surface area contributed by atoms with Crippen LogP contribution in [-0.4, -0.2) is 22.5 Å². The Balaban J connectivity index is 1.93. The summed E-state index contributed by atoms with van der Waals surface area (Å²) in [6.45, 7) is 2.34. The van der Waals surface area contributed by atoms with Crippen molar-refractivity contribution in [3.05, 3.63) is 68.7 Å². The van der Waals surface area contributed by atoms with Gasteiger partial charge >= 0.3 is 11.1 Å². The lowest BCUT2D eigenvalue weighted by Crippen LogP contribution is -2.29. The van der Waals surface area contributed by atoms with Crippen LogP contribution in [0.5, 0.6) is 5.75 Å². The van der Waals surface area contributed by atoms with Gasteiger partial charge in [-0.2, -0.15) is 0 Å². The van der Waals surface area contributed by atoms with Crippen molar-refractivity contribution in [2.24, 2.45) is 0 Å². The maximum Gasteiger partial charge on any atom is 0.314 e. The highest BCUT2D eigenvalue weighted by molar-refractivity contribution is 6.06. The molecule has 0 saturated heterocycles. The number of hydrogen-bond acceptors (Lipinski definition) is 4. The normalized spacial score (nSPS) is 10.5. The summed E-state index contributed by atoms with van der Waals surface area (Å²) in [4.78, 5) is 40.0. The summed E-state index contributed by atoms with van der Waals surface area (Å²) < 4.78 is 5.47. The van der Waals surface area contributed by atoms with E-state index in [-0.39, 0.29) is 5.91 Å². The molecule has 3 aromatic rings. The molecule has 7 nitrogen and oxygen atoms in total. The van der Waals surface area contributed by atoms with Crippen molar-refractivity contribution < 1.29 is 9.53 Å². The van der Waals surface area contributed by atoms with Crippen LogP contribution in [-0.2, 0) is 0 Å². The van der Waals surface area contributed by atoms with Gasteiger partial charge in [0.05, 0.1) is 23.3 Å². The Bertz CT molecular complexity index is 1020. The molecule has 1 aromatic heterocycles. The van der Waals surface area contributed by atoms with Crippen molar-refractivity contribution in [3.63, 3.8) is 0 Å². The molecule has 3 rings (SSSR count). The number of hydrogen-bond donors (Lipinski definition) is 3. The van der Waals surface area contributed by atoms with Crippen molar-refractivity contribution in [2.45, 2.75) is 6.92 Å². The fourth-order valence-electron chi connectivity index (χ4n) is 2.30. The Kier molecular flexibility index (Phi) is 4.15. The molecule has 1 amide bonds. The van der Waals surface area contributed by atoms with Gasteiger partial charge in [-0.25, -0.2) is 0 Å². The third-order valence-electron chi connectivity index (χ3n) is 3.42. The van der Waals surface area contributed by atoms with E-state index in [1.54, 1.807) is 30.3 Å². The predicted molar refractivity (Wildman–Crippen MR) is 90.8 cm³/mol. The third kappa shape index (κ3) is 3.05. The Morgan fingerprint density at radius 2 is 1.75 bits per heavy atom.